The normalized spacial score (nSPS) is 9.87. The van der Waals surface area contributed by atoms with Crippen molar-refractivity contribution in [3.8, 4) is 0 Å². The SMILES string of the molecule is C=C(C(=O)OC)c1ccc(S)c(Cl)c1Cl. The highest BCUT2D eigenvalue weighted by molar-refractivity contribution is 7.80. The number of benzene rings is 1. The molecule has 0 aromatic heterocycles. The second kappa shape index (κ2) is 4.92. The lowest BCUT2D eigenvalue weighted by Gasteiger charge is -2.08. The predicted octanol–water partition coefficient (Wildman–Crippen LogP) is 3.47. The van der Waals surface area contributed by atoms with Gasteiger partial charge in [0.25, 0.3) is 0 Å². The van der Waals surface area contributed by atoms with Crippen molar-refractivity contribution in [3.05, 3.63) is 34.3 Å². The summed E-state index contributed by atoms with van der Waals surface area (Å²) >= 11 is 15.9. The van der Waals surface area contributed by atoms with Gasteiger partial charge in [0.1, 0.15) is 0 Å². The van der Waals surface area contributed by atoms with Crippen molar-refractivity contribution in [2.24, 2.45) is 0 Å². The number of esters is 1. The van der Waals surface area contributed by atoms with E-state index in [4.69, 9.17) is 23.2 Å². The zero-order valence-electron chi connectivity index (χ0n) is 7.88. The fourth-order valence-electron chi connectivity index (χ4n) is 1.01. The molecular weight excluding hydrogens is 255 g/mol. The zero-order chi connectivity index (χ0) is 11.6. The number of ether oxygens (including phenoxy) is 1. The Morgan fingerprint density at radius 2 is 2.00 bits per heavy atom. The summed E-state index contributed by atoms with van der Waals surface area (Å²) in [5.41, 5.74) is 0.615. The number of carbonyl (C=O) groups is 1. The largest absolute Gasteiger partial charge is 0.465 e. The van der Waals surface area contributed by atoms with Crippen LogP contribution in [0.4, 0.5) is 0 Å². The monoisotopic (exact) mass is 262 g/mol. The molecule has 0 aliphatic heterocycles. The van der Waals surface area contributed by atoms with Crippen LogP contribution < -0.4 is 0 Å². The quantitative estimate of drug-likeness (QED) is 0.502. The molecule has 0 spiro atoms. The van der Waals surface area contributed by atoms with E-state index in [1.54, 1.807) is 12.1 Å². The third-order valence-corrected chi connectivity index (χ3v) is 3.21. The van der Waals surface area contributed by atoms with E-state index < -0.39 is 5.97 Å². The molecule has 0 saturated heterocycles. The molecule has 0 saturated carbocycles. The van der Waals surface area contributed by atoms with Crippen LogP contribution >= 0.6 is 35.8 Å². The number of hydrogen-bond donors (Lipinski definition) is 1. The lowest BCUT2D eigenvalue weighted by atomic mass is 10.1. The first-order chi connectivity index (χ1) is 6.99. The number of halogens is 2. The molecule has 0 aliphatic carbocycles. The Bertz CT molecular complexity index is 430. The van der Waals surface area contributed by atoms with E-state index in [-0.39, 0.29) is 10.6 Å². The van der Waals surface area contributed by atoms with Gasteiger partial charge in [0.15, 0.2) is 0 Å². The predicted molar refractivity (Wildman–Crippen MR) is 64.8 cm³/mol. The van der Waals surface area contributed by atoms with E-state index in [1.807, 2.05) is 0 Å². The van der Waals surface area contributed by atoms with Gasteiger partial charge >= 0.3 is 5.97 Å². The van der Waals surface area contributed by atoms with Crippen LogP contribution in [0.3, 0.4) is 0 Å². The van der Waals surface area contributed by atoms with Crippen molar-refractivity contribution in [1.29, 1.82) is 0 Å². The van der Waals surface area contributed by atoms with Crippen LogP contribution in [0.15, 0.2) is 23.6 Å². The van der Waals surface area contributed by atoms with Gasteiger partial charge in [-0.2, -0.15) is 0 Å². The highest BCUT2D eigenvalue weighted by atomic mass is 35.5. The van der Waals surface area contributed by atoms with Crippen molar-refractivity contribution >= 4 is 47.4 Å². The molecule has 2 nitrogen and oxygen atoms in total. The van der Waals surface area contributed by atoms with Gasteiger partial charge in [-0.1, -0.05) is 35.8 Å². The fourth-order valence-corrected chi connectivity index (χ4v) is 1.70. The van der Waals surface area contributed by atoms with Crippen LogP contribution in [-0.2, 0) is 9.53 Å². The molecule has 5 heteroatoms. The molecule has 80 valence electrons. The topological polar surface area (TPSA) is 26.3 Å². The molecule has 15 heavy (non-hydrogen) atoms. The Hall–Kier alpha value is -0.640. The minimum atomic E-state index is -0.542. The maximum Gasteiger partial charge on any atom is 0.337 e. The standard InChI is InChI=1S/C10H8Cl2O2S/c1-5(10(13)14-2)6-3-4-7(15)9(12)8(6)11/h3-4,15H,1H2,2H3. The highest BCUT2D eigenvalue weighted by Crippen LogP contribution is 2.34. The maximum atomic E-state index is 11.2. The van der Waals surface area contributed by atoms with Crippen molar-refractivity contribution in [3.63, 3.8) is 0 Å². The van der Waals surface area contributed by atoms with Crippen LogP contribution in [0.1, 0.15) is 5.56 Å². The van der Waals surface area contributed by atoms with Gasteiger partial charge in [0.05, 0.1) is 22.7 Å². The molecule has 1 aromatic rings. The summed E-state index contributed by atoms with van der Waals surface area (Å²) < 4.78 is 4.53. The van der Waals surface area contributed by atoms with Gasteiger partial charge in [0, 0.05) is 10.5 Å². The maximum absolute atomic E-state index is 11.2. The Balaban J connectivity index is 3.22. The van der Waals surface area contributed by atoms with Crippen LogP contribution in [-0.4, -0.2) is 13.1 Å². The number of hydrogen-bond acceptors (Lipinski definition) is 3. The summed E-state index contributed by atoms with van der Waals surface area (Å²) in [4.78, 5) is 11.8. The molecule has 1 aromatic carbocycles. The average Bonchev–Trinajstić information content (AvgIpc) is 2.24. The van der Waals surface area contributed by atoms with Crippen LogP contribution in [0.25, 0.3) is 5.57 Å². The fraction of sp³-hybridized carbons (Fsp3) is 0.100. The first-order valence-electron chi connectivity index (χ1n) is 3.93. The third-order valence-electron chi connectivity index (χ3n) is 1.82. The van der Waals surface area contributed by atoms with Crippen molar-refractivity contribution < 1.29 is 9.53 Å². The number of thiol groups is 1. The third kappa shape index (κ3) is 2.48. The van der Waals surface area contributed by atoms with Gasteiger partial charge in [-0.3, -0.25) is 0 Å². The van der Waals surface area contributed by atoms with E-state index in [1.165, 1.54) is 7.11 Å². The summed E-state index contributed by atoms with van der Waals surface area (Å²) in [5, 5.41) is 0.544. The Morgan fingerprint density at radius 1 is 1.40 bits per heavy atom. The molecule has 0 radical (unpaired) electrons. The Kier molecular flexibility index (Phi) is 4.08. The Morgan fingerprint density at radius 3 is 2.53 bits per heavy atom. The van der Waals surface area contributed by atoms with E-state index >= 15 is 0 Å². The molecule has 0 bridgehead atoms. The second-order valence-corrected chi connectivity index (χ2v) is 3.97. The molecule has 0 fully saturated rings. The highest BCUT2D eigenvalue weighted by Gasteiger charge is 2.15. The van der Waals surface area contributed by atoms with Crippen LogP contribution in [0.5, 0.6) is 0 Å². The minimum absolute atomic E-state index is 0.165. The number of methoxy groups -OCH3 is 1. The average molecular weight is 263 g/mol. The molecule has 0 atom stereocenters. The molecule has 0 unspecified atom stereocenters. The van der Waals surface area contributed by atoms with Gasteiger partial charge in [0.2, 0.25) is 0 Å². The summed E-state index contributed by atoms with van der Waals surface area (Å²) in [7, 11) is 1.27. The van der Waals surface area contributed by atoms with Crippen LogP contribution in [0.2, 0.25) is 10.0 Å². The van der Waals surface area contributed by atoms with Gasteiger partial charge < -0.3 is 4.74 Å². The van der Waals surface area contributed by atoms with Crippen molar-refractivity contribution in [1.82, 2.24) is 0 Å². The molecule has 1 rings (SSSR count). The van der Waals surface area contributed by atoms with Crippen LogP contribution in [0, 0.1) is 0 Å². The number of carbonyl (C=O) groups excluding carboxylic acids is 1. The van der Waals surface area contributed by atoms with E-state index in [2.05, 4.69) is 23.9 Å². The smallest absolute Gasteiger partial charge is 0.337 e. The molecule has 0 N–H and O–H groups in total. The zero-order valence-corrected chi connectivity index (χ0v) is 10.3. The van der Waals surface area contributed by atoms with E-state index in [0.29, 0.717) is 15.5 Å². The lowest BCUT2D eigenvalue weighted by molar-refractivity contribution is -0.133. The summed E-state index contributed by atoms with van der Waals surface area (Å²) in [5.74, 6) is -0.542. The minimum Gasteiger partial charge on any atom is -0.465 e. The lowest BCUT2D eigenvalue weighted by Crippen LogP contribution is -2.03. The molecule has 0 aliphatic rings. The van der Waals surface area contributed by atoms with Crippen molar-refractivity contribution in [2.45, 2.75) is 4.90 Å². The summed E-state index contributed by atoms with van der Waals surface area (Å²) in [6, 6.07) is 3.26. The van der Waals surface area contributed by atoms with E-state index in [0.717, 1.165) is 0 Å². The van der Waals surface area contributed by atoms with Crippen molar-refractivity contribution in [2.75, 3.05) is 7.11 Å². The van der Waals surface area contributed by atoms with Gasteiger partial charge in [-0.25, -0.2) is 4.79 Å². The Labute approximate surface area is 103 Å². The second-order valence-electron chi connectivity index (χ2n) is 2.73. The molecule has 0 amide bonds. The molecular formula is C10H8Cl2O2S. The molecule has 0 heterocycles. The first-order valence-corrected chi connectivity index (χ1v) is 5.14. The summed E-state index contributed by atoms with van der Waals surface area (Å²) in [6.07, 6.45) is 0. The number of rotatable bonds is 2. The van der Waals surface area contributed by atoms with Gasteiger partial charge in [-0.15, -0.1) is 12.6 Å². The van der Waals surface area contributed by atoms with Gasteiger partial charge in [-0.05, 0) is 6.07 Å². The van der Waals surface area contributed by atoms with E-state index in [9.17, 15) is 4.79 Å². The summed E-state index contributed by atoms with van der Waals surface area (Å²) in [6.45, 7) is 3.58. The first kappa shape index (κ1) is 12.4.